The lowest BCUT2D eigenvalue weighted by Crippen LogP contribution is -2.10. The molecule has 2 aromatic rings. The highest BCUT2D eigenvalue weighted by atomic mass is 15.0. The summed E-state index contributed by atoms with van der Waals surface area (Å²) in [6, 6.07) is 16.5. The molecular formula is C16H21N3. The third-order valence-corrected chi connectivity index (χ3v) is 2.93. The molecule has 0 aliphatic rings. The lowest BCUT2D eigenvalue weighted by molar-refractivity contribution is 0.402. The number of benzene rings is 2. The molecule has 3 nitrogen and oxygen atoms in total. The highest BCUT2D eigenvalue weighted by Crippen LogP contribution is 2.13. The van der Waals surface area contributed by atoms with Crippen LogP contribution in [0.25, 0.3) is 0 Å². The van der Waals surface area contributed by atoms with E-state index in [0.717, 1.165) is 24.5 Å². The van der Waals surface area contributed by atoms with Gasteiger partial charge in [0.25, 0.3) is 0 Å². The molecule has 0 aliphatic carbocycles. The highest BCUT2D eigenvalue weighted by Gasteiger charge is 1.97. The van der Waals surface area contributed by atoms with Gasteiger partial charge in [-0.15, -0.1) is 0 Å². The summed E-state index contributed by atoms with van der Waals surface area (Å²) < 4.78 is 0. The molecular weight excluding hydrogens is 234 g/mol. The fourth-order valence-corrected chi connectivity index (χ4v) is 1.93. The molecule has 2 aromatic carbocycles. The average Bonchev–Trinajstić information content (AvgIpc) is 2.39. The zero-order valence-electron chi connectivity index (χ0n) is 11.6. The van der Waals surface area contributed by atoms with E-state index in [1.807, 2.05) is 24.3 Å². The van der Waals surface area contributed by atoms with Gasteiger partial charge in [-0.05, 0) is 49.5 Å². The van der Waals surface area contributed by atoms with Crippen LogP contribution < -0.4 is 11.1 Å². The summed E-state index contributed by atoms with van der Waals surface area (Å²) in [6.45, 7) is 1.78. The van der Waals surface area contributed by atoms with Crippen molar-refractivity contribution in [1.29, 1.82) is 0 Å². The summed E-state index contributed by atoms with van der Waals surface area (Å²) in [5.41, 5.74) is 10.2. The van der Waals surface area contributed by atoms with Crippen molar-refractivity contribution in [2.75, 3.05) is 25.1 Å². The van der Waals surface area contributed by atoms with Gasteiger partial charge in [0.1, 0.15) is 0 Å². The summed E-state index contributed by atoms with van der Waals surface area (Å²) in [5, 5.41) is 3.41. The van der Waals surface area contributed by atoms with E-state index >= 15 is 0 Å². The first-order chi connectivity index (χ1) is 9.13. The van der Waals surface area contributed by atoms with Gasteiger partial charge >= 0.3 is 0 Å². The second kappa shape index (κ2) is 6.25. The topological polar surface area (TPSA) is 41.3 Å². The number of nitrogen functional groups attached to an aromatic ring is 1. The molecule has 0 radical (unpaired) electrons. The van der Waals surface area contributed by atoms with Gasteiger partial charge in [-0.2, -0.15) is 0 Å². The molecule has 3 N–H and O–H groups in total. The van der Waals surface area contributed by atoms with E-state index in [2.05, 4.69) is 48.6 Å². The van der Waals surface area contributed by atoms with Crippen LogP contribution in [-0.2, 0) is 13.1 Å². The zero-order chi connectivity index (χ0) is 13.7. The van der Waals surface area contributed by atoms with Crippen molar-refractivity contribution in [1.82, 2.24) is 4.90 Å². The standard InChI is InChI=1S/C16H21N3/c1-19(2)12-14-5-9-16(10-6-14)18-11-13-3-7-15(17)8-4-13/h3-10,18H,11-12,17H2,1-2H3. The van der Waals surface area contributed by atoms with Crippen LogP contribution in [0.15, 0.2) is 48.5 Å². The van der Waals surface area contributed by atoms with Gasteiger partial charge < -0.3 is 16.0 Å². The van der Waals surface area contributed by atoms with E-state index in [4.69, 9.17) is 5.73 Å². The maximum absolute atomic E-state index is 5.67. The van der Waals surface area contributed by atoms with E-state index in [1.165, 1.54) is 11.1 Å². The molecule has 0 saturated carbocycles. The van der Waals surface area contributed by atoms with Crippen molar-refractivity contribution in [3.8, 4) is 0 Å². The number of nitrogens with zero attached hydrogens (tertiary/aromatic N) is 1. The molecule has 100 valence electrons. The van der Waals surface area contributed by atoms with Crippen molar-refractivity contribution in [2.45, 2.75) is 13.1 Å². The number of rotatable bonds is 5. The van der Waals surface area contributed by atoms with E-state index in [0.29, 0.717) is 0 Å². The Morgan fingerprint density at radius 3 is 2.05 bits per heavy atom. The molecule has 0 bridgehead atoms. The van der Waals surface area contributed by atoms with Crippen LogP contribution in [0.5, 0.6) is 0 Å². The Kier molecular flexibility index (Phi) is 4.42. The summed E-state index contributed by atoms with van der Waals surface area (Å²) in [4.78, 5) is 2.16. The zero-order valence-corrected chi connectivity index (χ0v) is 11.6. The molecule has 2 rings (SSSR count). The van der Waals surface area contributed by atoms with Gasteiger partial charge in [-0.3, -0.25) is 0 Å². The molecule has 0 spiro atoms. The van der Waals surface area contributed by atoms with Crippen molar-refractivity contribution in [3.63, 3.8) is 0 Å². The number of nitrogens with two attached hydrogens (primary N) is 1. The second-order valence-corrected chi connectivity index (χ2v) is 5.03. The molecule has 0 amide bonds. The minimum Gasteiger partial charge on any atom is -0.399 e. The predicted octanol–water partition coefficient (Wildman–Crippen LogP) is 2.94. The van der Waals surface area contributed by atoms with E-state index in [-0.39, 0.29) is 0 Å². The highest BCUT2D eigenvalue weighted by molar-refractivity contribution is 5.46. The molecule has 0 fully saturated rings. The van der Waals surface area contributed by atoms with Crippen LogP contribution >= 0.6 is 0 Å². The predicted molar refractivity (Wildman–Crippen MR) is 82.0 cm³/mol. The monoisotopic (exact) mass is 255 g/mol. The van der Waals surface area contributed by atoms with Gasteiger partial charge in [0.05, 0.1) is 0 Å². The first-order valence-electron chi connectivity index (χ1n) is 6.45. The van der Waals surface area contributed by atoms with Crippen molar-refractivity contribution in [3.05, 3.63) is 59.7 Å². The normalized spacial score (nSPS) is 10.7. The Bertz CT molecular complexity index is 501. The van der Waals surface area contributed by atoms with Crippen LogP contribution in [0.3, 0.4) is 0 Å². The van der Waals surface area contributed by atoms with E-state index < -0.39 is 0 Å². The molecule has 0 aliphatic heterocycles. The lowest BCUT2D eigenvalue weighted by Gasteiger charge is -2.11. The molecule has 3 heteroatoms. The quantitative estimate of drug-likeness (QED) is 0.807. The third kappa shape index (κ3) is 4.30. The fourth-order valence-electron chi connectivity index (χ4n) is 1.93. The summed E-state index contributed by atoms with van der Waals surface area (Å²) in [7, 11) is 4.15. The summed E-state index contributed by atoms with van der Waals surface area (Å²) in [5.74, 6) is 0. The van der Waals surface area contributed by atoms with Crippen LogP contribution in [0.4, 0.5) is 11.4 Å². The van der Waals surface area contributed by atoms with Crippen LogP contribution in [0.2, 0.25) is 0 Å². The van der Waals surface area contributed by atoms with Crippen molar-refractivity contribution in [2.24, 2.45) is 0 Å². The summed E-state index contributed by atoms with van der Waals surface area (Å²) >= 11 is 0. The van der Waals surface area contributed by atoms with Gasteiger partial charge in [-0.25, -0.2) is 0 Å². The third-order valence-electron chi connectivity index (χ3n) is 2.93. The van der Waals surface area contributed by atoms with Crippen LogP contribution in [0, 0.1) is 0 Å². The molecule has 0 atom stereocenters. The largest absolute Gasteiger partial charge is 0.399 e. The Hall–Kier alpha value is -2.00. The molecule has 0 aromatic heterocycles. The van der Waals surface area contributed by atoms with Crippen LogP contribution in [0.1, 0.15) is 11.1 Å². The minimum atomic E-state index is 0.803. The average molecular weight is 255 g/mol. The number of anilines is 2. The Morgan fingerprint density at radius 1 is 0.895 bits per heavy atom. The minimum absolute atomic E-state index is 0.803. The van der Waals surface area contributed by atoms with E-state index in [9.17, 15) is 0 Å². The van der Waals surface area contributed by atoms with Gasteiger partial charge in [-0.1, -0.05) is 24.3 Å². The molecule has 0 heterocycles. The van der Waals surface area contributed by atoms with Gasteiger partial charge in [0.15, 0.2) is 0 Å². The smallest absolute Gasteiger partial charge is 0.0400 e. The van der Waals surface area contributed by atoms with Gasteiger partial charge in [0.2, 0.25) is 0 Å². The Morgan fingerprint density at radius 2 is 1.47 bits per heavy atom. The molecule has 0 unspecified atom stereocenters. The number of hydrogen-bond acceptors (Lipinski definition) is 3. The van der Waals surface area contributed by atoms with Crippen molar-refractivity contribution >= 4 is 11.4 Å². The maximum Gasteiger partial charge on any atom is 0.0400 e. The number of nitrogens with one attached hydrogen (secondary N) is 1. The SMILES string of the molecule is CN(C)Cc1ccc(NCc2ccc(N)cc2)cc1. The molecule has 0 saturated heterocycles. The van der Waals surface area contributed by atoms with E-state index in [1.54, 1.807) is 0 Å². The van der Waals surface area contributed by atoms with Gasteiger partial charge in [0, 0.05) is 24.5 Å². The maximum atomic E-state index is 5.67. The Labute approximate surface area is 115 Å². The Balaban J connectivity index is 1.91. The second-order valence-electron chi connectivity index (χ2n) is 5.03. The number of hydrogen-bond donors (Lipinski definition) is 2. The van der Waals surface area contributed by atoms with Crippen molar-refractivity contribution < 1.29 is 0 Å². The lowest BCUT2D eigenvalue weighted by atomic mass is 10.2. The van der Waals surface area contributed by atoms with Crippen LogP contribution in [-0.4, -0.2) is 19.0 Å². The first-order valence-corrected chi connectivity index (χ1v) is 6.45. The molecule has 19 heavy (non-hydrogen) atoms. The fraction of sp³-hybridized carbons (Fsp3) is 0.250. The summed E-state index contributed by atoms with van der Waals surface area (Å²) in [6.07, 6.45) is 0. The first kappa shape index (κ1) is 13.4.